The molecule has 1 aliphatic heterocycles. The second kappa shape index (κ2) is 6.72. The van der Waals surface area contributed by atoms with Crippen LogP contribution in [0.15, 0.2) is 24.3 Å². The van der Waals surface area contributed by atoms with Crippen molar-refractivity contribution < 1.29 is 24.2 Å². The van der Waals surface area contributed by atoms with Gasteiger partial charge in [0, 0.05) is 11.8 Å². The molecule has 1 aromatic rings. The third-order valence-corrected chi connectivity index (χ3v) is 2.99. The number of anilines is 1. The number of carboxylic acids is 1. The van der Waals surface area contributed by atoms with Crippen LogP contribution in [0.1, 0.15) is 12.8 Å². The molecule has 1 aromatic carbocycles. The first-order valence-electron chi connectivity index (χ1n) is 6.39. The van der Waals surface area contributed by atoms with Gasteiger partial charge in [-0.1, -0.05) is 6.07 Å². The molecule has 0 spiro atoms. The molecule has 1 aliphatic rings. The van der Waals surface area contributed by atoms with Crippen LogP contribution in [0.3, 0.4) is 0 Å². The molecule has 1 fully saturated rings. The molecule has 7 heteroatoms. The van der Waals surface area contributed by atoms with Crippen molar-refractivity contribution in [2.45, 2.75) is 25.0 Å². The van der Waals surface area contributed by atoms with E-state index in [1.165, 1.54) is 0 Å². The van der Waals surface area contributed by atoms with Gasteiger partial charge >= 0.3 is 5.97 Å². The van der Waals surface area contributed by atoms with Gasteiger partial charge in [-0.2, -0.15) is 5.26 Å². The number of benzene rings is 1. The van der Waals surface area contributed by atoms with Crippen LogP contribution in [-0.4, -0.2) is 35.8 Å². The molecular formula is C14H14N2O5. The van der Waals surface area contributed by atoms with Crippen molar-refractivity contribution in [2.24, 2.45) is 0 Å². The minimum absolute atomic E-state index is 0.0799. The topological polar surface area (TPSA) is 109 Å². The fraction of sp³-hybridized carbons (Fsp3) is 0.357. The van der Waals surface area contributed by atoms with Crippen LogP contribution in [0.25, 0.3) is 0 Å². The number of ether oxygens (including phenoxy) is 2. The van der Waals surface area contributed by atoms with Crippen LogP contribution >= 0.6 is 0 Å². The summed E-state index contributed by atoms with van der Waals surface area (Å²) in [6.45, 7) is -0.0799. The van der Waals surface area contributed by atoms with E-state index >= 15 is 0 Å². The molecule has 2 atom stereocenters. The van der Waals surface area contributed by atoms with Gasteiger partial charge in [0.1, 0.15) is 17.9 Å². The number of nitrogens with zero attached hydrogens (tertiary/aromatic N) is 1. The Bertz CT molecular complexity index is 581. The standard InChI is InChI=1S/C14H14N2O5/c15-6-7-20-10-3-1-2-9(8-10)16-13(17)11-4-5-12(21-11)14(18)19/h1-3,8,11-12H,4-5,7H2,(H,16,17)(H,18,19)/t11-,12+/m0/s1. The van der Waals surface area contributed by atoms with E-state index in [-0.39, 0.29) is 6.61 Å². The first-order valence-corrected chi connectivity index (χ1v) is 6.39. The smallest absolute Gasteiger partial charge is 0.332 e. The number of nitrogens with one attached hydrogen (secondary N) is 1. The number of hydrogen-bond acceptors (Lipinski definition) is 5. The Morgan fingerprint density at radius 2 is 2.19 bits per heavy atom. The van der Waals surface area contributed by atoms with Crippen LogP contribution in [0.2, 0.25) is 0 Å². The number of aliphatic carboxylic acids is 1. The molecule has 1 heterocycles. The van der Waals surface area contributed by atoms with Crippen molar-refractivity contribution >= 4 is 17.6 Å². The van der Waals surface area contributed by atoms with E-state index in [4.69, 9.17) is 19.8 Å². The van der Waals surface area contributed by atoms with Gasteiger partial charge < -0.3 is 19.9 Å². The molecule has 110 valence electrons. The molecular weight excluding hydrogens is 276 g/mol. The minimum atomic E-state index is -1.06. The molecule has 1 amide bonds. The third-order valence-electron chi connectivity index (χ3n) is 2.99. The van der Waals surface area contributed by atoms with Gasteiger partial charge in [0.05, 0.1) is 0 Å². The molecule has 0 radical (unpaired) electrons. The Hall–Kier alpha value is -2.59. The molecule has 2 N–H and O–H groups in total. The van der Waals surface area contributed by atoms with Gasteiger partial charge in [-0.15, -0.1) is 0 Å². The van der Waals surface area contributed by atoms with E-state index in [0.717, 1.165) is 0 Å². The number of amides is 1. The first kappa shape index (κ1) is 14.8. The van der Waals surface area contributed by atoms with E-state index in [9.17, 15) is 9.59 Å². The van der Waals surface area contributed by atoms with Gasteiger partial charge in [-0.05, 0) is 25.0 Å². The lowest BCUT2D eigenvalue weighted by molar-refractivity contribution is -0.150. The summed E-state index contributed by atoms with van der Waals surface area (Å²) in [5.74, 6) is -0.988. The summed E-state index contributed by atoms with van der Waals surface area (Å²) in [6.07, 6.45) is -1.01. The highest BCUT2D eigenvalue weighted by Crippen LogP contribution is 2.22. The fourth-order valence-corrected chi connectivity index (χ4v) is 2.01. The second-order valence-corrected chi connectivity index (χ2v) is 4.49. The van der Waals surface area contributed by atoms with Gasteiger partial charge in [0.25, 0.3) is 5.91 Å². The monoisotopic (exact) mass is 290 g/mol. The molecule has 0 unspecified atom stereocenters. The predicted octanol–water partition coefficient (Wildman–Crippen LogP) is 1.16. The Labute approximate surface area is 121 Å². The maximum Gasteiger partial charge on any atom is 0.332 e. The van der Waals surface area contributed by atoms with Crippen molar-refractivity contribution in [3.63, 3.8) is 0 Å². The molecule has 21 heavy (non-hydrogen) atoms. The Morgan fingerprint density at radius 1 is 1.43 bits per heavy atom. The number of hydrogen-bond donors (Lipinski definition) is 2. The van der Waals surface area contributed by atoms with Gasteiger partial charge in [0.2, 0.25) is 0 Å². The second-order valence-electron chi connectivity index (χ2n) is 4.49. The van der Waals surface area contributed by atoms with Crippen LogP contribution < -0.4 is 10.1 Å². The summed E-state index contributed by atoms with van der Waals surface area (Å²) in [5, 5.41) is 19.9. The van der Waals surface area contributed by atoms with Gasteiger partial charge in [0.15, 0.2) is 12.7 Å². The maximum absolute atomic E-state index is 12.0. The summed E-state index contributed by atoms with van der Waals surface area (Å²) in [4.78, 5) is 22.8. The van der Waals surface area contributed by atoms with Gasteiger partial charge in [-0.25, -0.2) is 4.79 Å². The van der Waals surface area contributed by atoms with E-state index in [1.54, 1.807) is 24.3 Å². The number of carbonyl (C=O) groups is 2. The summed E-state index contributed by atoms with van der Waals surface area (Å²) in [7, 11) is 0. The van der Waals surface area contributed by atoms with Crippen molar-refractivity contribution in [1.82, 2.24) is 0 Å². The quantitative estimate of drug-likeness (QED) is 0.842. The third kappa shape index (κ3) is 3.94. The first-order chi connectivity index (χ1) is 10.1. The zero-order valence-electron chi connectivity index (χ0n) is 11.1. The lowest BCUT2D eigenvalue weighted by Gasteiger charge is -2.12. The minimum Gasteiger partial charge on any atom is -0.479 e. The normalized spacial score (nSPS) is 20.5. The molecule has 2 rings (SSSR count). The Morgan fingerprint density at radius 3 is 2.86 bits per heavy atom. The average molecular weight is 290 g/mol. The predicted molar refractivity (Wildman–Crippen MR) is 71.7 cm³/mol. The van der Waals surface area contributed by atoms with Crippen LogP contribution in [0, 0.1) is 11.3 Å². The average Bonchev–Trinajstić information content (AvgIpc) is 2.95. The van der Waals surface area contributed by atoms with E-state index in [2.05, 4.69) is 5.32 Å². The summed E-state index contributed by atoms with van der Waals surface area (Å²) in [6, 6.07) is 8.45. The molecule has 0 saturated carbocycles. The van der Waals surface area contributed by atoms with Crippen LogP contribution in [0.5, 0.6) is 5.75 Å². The SMILES string of the molecule is N#CCOc1cccc(NC(=O)[C@@H]2CC[C@H](C(=O)O)O2)c1. The lowest BCUT2D eigenvalue weighted by atomic mass is 10.2. The zero-order chi connectivity index (χ0) is 15.2. The van der Waals surface area contributed by atoms with E-state index < -0.39 is 24.1 Å². The highest BCUT2D eigenvalue weighted by atomic mass is 16.5. The van der Waals surface area contributed by atoms with Gasteiger partial charge in [-0.3, -0.25) is 4.79 Å². The van der Waals surface area contributed by atoms with Crippen LogP contribution in [-0.2, 0) is 14.3 Å². The fourth-order valence-electron chi connectivity index (χ4n) is 2.01. The highest BCUT2D eigenvalue weighted by Gasteiger charge is 2.34. The summed E-state index contributed by atoms with van der Waals surface area (Å²) in [5.41, 5.74) is 0.498. The number of carboxylic acid groups (broad SMARTS) is 1. The van der Waals surface area contributed by atoms with Crippen LogP contribution in [0.4, 0.5) is 5.69 Å². The Balaban J connectivity index is 1.94. The summed E-state index contributed by atoms with van der Waals surface area (Å²) < 4.78 is 10.3. The van der Waals surface area contributed by atoms with Crippen molar-refractivity contribution in [3.05, 3.63) is 24.3 Å². The zero-order valence-corrected chi connectivity index (χ0v) is 11.1. The largest absolute Gasteiger partial charge is 0.479 e. The van der Waals surface area contributed by atoms with Crippen molar-refractivity contribution in [2.75, 3.05) is 11.9 Å². The lowest BCUT2D eigenvalue weighted by Crippen LogP contribution is -2.29. The molecule has 0 aliphatic carbocycles. The number of carbonyl (C=O) groups excluding carboxylic acids is 1. The van der Waals surface area contributed by atoms with E-state index in [0.29, 0.717) is 24.3 Å². The Kier molecular flexibility index (Phi) is 4.74. The van der Waals surface area contributed by atoms with E-state index in [1.807, 2.05) is 6.07 Å². The van der Waals surface area contributed by atoms with Crippen molar-refractivity contribution in [3.8, 4) is 11.8 Å². The number of nitriles is 1. The molecule has 7 nitrogen and oxygen atoms in total. The van der Waals surface area contributed by atoms with Crippen molar-refractivity contribution in [1.29, 1.82) is 5.26 Å². The number of rotatable bonds is 5. The summed E-state index contributed by atoms with van der Waals surface area (Å²) >= 11 is 0. The maximum atomic E-state index is 12.0. The highest BCUT2D eigenvalue weighted by molar-refractivity contribution is 5.94. The molecule has 0 aromatic heterocycles. The molecule has 1 saturated heterocycles. The molecule has 0 bridgehead atoms.